The molecule has 6 heterocycles. The van der Waals surface area contributed by atoms with E-state index in [1.165, 1.54) is 38.1 Å². The lowest BCUT2D eigenvalue weighted by Gasteiger charge is -2.63. The van der Waals surface area contributed by atoms with E-state index in [0.29, 0.717) is 86.4 Å². The van der Waals surface area contributed by atoms with E-state index in [4.69, 9.17) is 18.9 Å². The highest BCUT2D eigenvalue weighted by Crippen LogP contribution is 2.68. The molecule has 2 bridgehead atoms. The first-order valence-electron chi connectivity index (χ1n) is 21.4. The van der Waals surface area contributed by atoms with Crippen LogP contribution < -0.4 is 14.5 Å². The molecule has 10 atom stereocenters. The number of aromatic amines is 1. The quantitative estimate of drug-likeness (QED) is 0.114. The van der Waals surface area contributed by atoms with Gasteiger partial charge in [0.1, 0.15) is 23.3 Å². The van der Waals surface area contributed by atoms with Crippen molar-refractivity contribution >= 4 is 40.9 Å². The number of carbonyl (C=O) groups is 4. The van der Waals surface area contributed by atoms with Crippen LogP contribution in [0.3, 0.4) is 0 Å². The molecule has 6 aliphatic rings. The number of amides is 1. The molecule has 2 saturated heterocycles. The summed E-state index contributed by atoms with van der Waals surface area (Å²) in [6.45, 7) is 8.43. The number of benzene rings is 2. The summed E-state index contributed by atoms with van der Waals surface area (Å²) < 4.78 is 23.7. The number of nitrogens with one attached hydrogen (secondary N) is 2. The summed E-state index contributed by atoms with van der Waals surface area (Å²) in [5.41, 5.74) is -3.03. The van der Waals surface area contributed by atoms with Crippen LogP contribution in [0.4, 0.5) is 5.69 Å². The van der Waals surface area contributed by atoms with Crippen molar-refractivity contribution in [3.8, 4) is 5.75 Å². The minimum Gasteiger partial charge on any atom is -0.496 e. The van der Waals surface area contributed by atoms with Crippen molar-refractivity contribution in [1.29, 1.82) is 0 Å². The van der Waals surface area contributed by atoms with Crippen molar-refractivity contribution in [2.45, 2.75) is 99.5 Å². The van der Waals surface area contributed by atoms with Gasteiger partial charge in [0.15, 0.2) is 6.10 Å². The van der Waals surface area contributed by atoms with Crippen LogP contribution in [-0.4, -0.2) is 128 Å². The summed E-state index contributed by atoms with van der Waals surface area (Å²) in [6.07, 6.45) is 5.95. The largest absolute Gasteiger partial charge is 0.496 e. The first-order valence-corrected chi connectivity index (χ1v) is 21.4. The second-order valence-electron chi connectivity index (χ2n) is 18.3. The fourth-order valence-electron chi connectivity index (χ4n) is 13.6. The molecular weight excluding hydrogens is 769 g/mol. The van der Waals surface area contributed by atoms with E-state index < -0.39 is 63.5 Å². The number of methoxy groups -OCH3 is 3. The van der Waals surface area contributed by atoms with Gasteiger partial charge in [-0.3, -0.25) is 19.3 Å². The predicted octanol–water partition coefficient (Wildman–Crippen LogP) is 2.10. The number of piperidine rings is 1. The molecule has 1 aromatic heterocycles. The van der Waals surface area contributed by atoms with Gasteiger partial charge in [-0.25, -0.2) is 4.79 Å². The number of nitrogens with zero attached hydrogens (tertiary/aromatic N) is 2. The molecule has 1 unspecified atom stereocenters. The Morgan fingerprint density at radius 2 is 1.77 bits per heavy atom. The molecule has 14 heteroatoms. The molecular formula is C46H57N4O10+. The molecule has 0 radical (unpaired) electrons. The third-order valence-electron chi connectivity index (χ3n) is 15.7. The number of aromatic nitrogens is 1. The molecule has 2 aromatic carbocycles. The van der Waals surface area contributed by atoms with Crippen LogP contribution >= 0.6 is 0 Å². The third-order valence-corrected chi connectivity index (χ3v) is 15.7. The lowest BCUT2D eigenvalue weighted by Crippen LogP contribution is -3.16. The molecule has 1 amide bonds. The summed E-state index contributed by atoms with van der Waals surface area (Å²) in [6, 6.07) is 10.0. The van der Waals surface area contributed by atoms with E-state index in [2.05, 4.69) is 16.0 Å². The Morgan fingerprint density at radius 1 is 1.00 bits per heavy atom. The fourth-order valence-corrected chi connectivity index (χ4v) is 13.6. The van der Waals surface area contributed by atoms with Gasteiger partial charge in [-0.05, 0) is 61.9 Å². The normalized spacial score (nSPS) is 36.5. The second kappa shape index (κ2) is 14.1. The number of esters is 3. The fraction of sp³-hybridized carbons (Fsp3) is 0.565. The van der Waals surface area contributed by atoms with Gasteiger partial charge >= 0.3 is 17.9 Å². The summed E-state index contributed by atoms with van der Waals surface area (Å²) >= 11 is 0. The number of H-pyrrole nitrogens is 1. The van der Waals surface area contributed by atoms with E-state index >= 15 is 4.79 Å². The summed E-state index contributed by atoms with van der Waals surface area (Å²) in [5, 5.41) is 26.3. The van der Waals surface area contributed by atoms with Crippen LogP contribution in [0.25, 0.3) is 10.9 Å². The zero-order valence-corrected chi connectivity index (χ0v) is 35.3. The Labute approximate surface area is 349 Å². The van der Waals surface area contributed by atoms with Crippen molar-refractivity contribution in [3.63, 3.8) is 0 Å². The Morgan fingerprint density at radius 3 is 2.45 bits per heavy atom. The molecule has 3 fully saturated rings. The number of fused-ring (bicyclic) bond motifs is 6. The first-order chi connectivity index (χ1) is 28.8. The van der Waals surface area contributed by atoms with E-state index in [9.17, 15) is 24.6 Å². The van der Waals surface area contributed by atoms with Crippen LogP contribution in [0.1, 0.15) is 75.3 Å². The van der Waals surface area contributed by atoms with E-state index in [-0.39, 0.29) is 12.3 Å². The van der Waals surface area contributed by atoms with Crippen molar-refractivity contribution < 1.29 is 53.2 Å². The maximum atomic E-state index is 15.3. The molecule has 1 aliphatic carbocycles. The second-order valence-corrected chi connectivity index (χ2v) is 18.3. The van der Waals surface area contributed by atoms with Crippen LogP contribution in [0.15, 0.2) is 48.6 Å². The van der Waals surface area contributed by atoms with Gasteiger partial charge in [0, 0.05) is 70.9 Å². The monoisotopic (exact) mass is 825 g/mol. The number of rotatable bonds is 8. The molecule has 1 spiro atoms. The zero-order chi connectivity index (χ0) is 42.6. The Kier molecular flexibility index (Phi) is 9.58. The number of hydrogen-bond donors (Lipinski definition) is 4. The van der Waals surface area contributed by atoms with Crippen LogP contribution in [0.2, 0.25) is 0 Å². The van der Waals surface area contributed by atoms with Gasteiger partial charge in [-0.15, -0.1) is 0 Å². The predicted molar refractivity (Wildman–Crippen MR) is 220 cm³/mol. The number of aliphatic hydroxyl groups is 2. The Balaban J connectivity index is 1.38. The molecule has 320 valence electrons. The number of ether oxygens (including phenoxy) is 4. The first kappa shape index (κ1) is 40.6. The number of quaternary nitrogens is 1. The number of hydrogen-bond acceptors (Lipinski definition) is 11. The lowest BCUT2D eigenvalue weighted by atomic mass is 9.47. The van der Waals surface area contributed by atoms with Crippen molar-refractivity contribution in [2.24, 2.45) is 11.3 Å². The van der Waals surface area contributed by atoms with Crippen LogP contribution in [0, 0.1) is 11.3 Å². The molecule has 3 aromatic rings. The van der Waals surface area contributed by atoms with Gasteiger partial charge < -0.3 is 43.9 Å². The van der Waals surface area contributed by atoms with Gasteiger partial charge in [-0.1, -0.05) is 44.2 Å². The smallest absolute Gasteiger partial charge is 0.344 e. The lowest BCUT2D eigenvalue weighted by molar-refractivity contribution is -0.916. The molecule has 4 N–H and O–H groups in total. The number of anilines is 1. The molecule has 9 rings (SSSR count). The topological polar surface area (TPSA) is 172 Å². The standard InChI is InChI=1S/C46H56N4O10/c1-7-42(55)22-28-23-45(40(53)58-5,36-30(14-18-48(24-28)25-42)29-12-9-10-13-33(29)47-36)32-20-31-34(21-35(32)57-4)50(26-51)38-44(31)16-19-49-17-11-15-43(8-2,37(44)49)39(60-27(3)52)46(38,56)41(54)59-6/h9-13,15,20-21,26,28,37-39,47,55-56H,7-8,14,16-19,22-25H2,1-6H3/p+1/t28-,37+,38-,39-,42+,43-,44-,45+,46+/m1/s1. The molecule has 14 nitrogen and oxygen atoms in total. The maximum absolute atomic E-state index is 15.3. The maximum Gasteiger partial charge on any atom is 0.344 e. The van der Waals surface area contributed by atoms with Crippen molar-refractivity contribution in [2.75, 3.05) is 59.0 Å². The van der Waals surface area contributed by atoms with E-state index in [1.807, 2.05) is 50.3 Å². The summed E-state index contributed by atoms with van der Waals surface area (Å²) in [7, 11) is 4.10. The number of carbonyl (C=O) groups excluding carboxylic acids is 4. The van der Waals surface area contributed by atoms with Gasteiger partial charge in [0.2, 0.25) is 12.0 Å². The van der Waals surface area contributed by atoms with Crippen molar-refractivity contribution in [1.82, 2.24) is 9.88 Å². The highest BCUT2D eigenvalue weighted by Gasteiger charge is 2.81. The Hall–Kier alpha value is -4.76. The highest BCUT2D eigenvalue weighted by molar-refractivity contribution is 5.96. The van der Waals surface area contributed by atoms with Crippen LogP contribution in [0.5, 0.6) is 5.75 Å². The average Bonchev–Trinajstić information content (AvgIpc) is 3.92. The number of para-hydroxylation sites is 1. The highest BCUT2D eigenvalue weighted by atomic mass is 16.6. The zero-order valence-electron chi connectivity index (χ0n) is 35.3. The van der Waals surface area contributed by atoms with Crippen LogP contribution in [-0.2, 0) is 50.6 Å². The van der Waals surface area contributed by atoms with E-state index in [1.54, 1.807) is 6.07 Å². The van der Waals surface area contributed by atoms with E-state index in [0.717, 1.165) is 29.6 Å². The third kappa shape index (κ3) is 5.19. The SMILES string of the molecule is CC[C@]1(O)C[C@H]2C[NH+](CCc3c([nH]c4ccccc34)[C@@](C(=O)OC)(c3cc4c(cc3OC)N(C=O)[C@H]3[C@@](O)(C(=O)OC)[C@H](OC(C)=O)[C@]5(CC)C=CCN6CC[C@]43[C@@H]65)C2)C1. The summed E-state index contributed by atoms with van der Waals surface area (Å²) in [5.74, 6) is -2.01. The Bertz CT molecular complexity index is 2310. The van der Waals surface area contributed by atoms with Gasteiger partial charge in [-0.2, -0.15) is 0 Å². The van der Waals surface area contributed by atoms with Gasteiger partial charge in [0.05, 0.1) is 46.1 Å². The molecule has 1 saturated carbocycles. The molecule has 60 heavy (non-hydrogen) atoms. The minimum atomic E-state index is -2.53. The van der Waals surface area contributed by atoms with Gasteiger partial charge in [0.25, 0.3) is 0 Å². The molecule has 5 aliphatic heterocycles. The summed E-state index contributed by atoms with van der Waals surface area (Å²) in [4.78, 5) is 65.1. The van der Waals surface area contributed by atoms with Crippen molar-refractivity contribution in [3.05, 3.63) is 70.9 Å². The minimum absolute atomic E-state index is 0.118. The average molecular weight is 826 g/mol.